The van der Waals surface area contributed by atoms with Crippen LogP contribution in [0.3, 0.4) is 0 Å². The van der Waals surface area contributed by atoms with Crippen LogP contribution in [-0.2, 0) is 18.3 Å². The summed E-state index contributed by atoms with van der Waals surface area (Å²) >= 11 is 0. The summed E-state index contributed by atoms with van der Waals surface area (Å²) in [5, 5.41) is 20.4. The quantitative estimate of drug-likeness (QED) is 0.638. The van der Waals surface area contributed by atoms with E-state index in [4.69, 9.17) is 15.1 Å². The molecule has 0 unspecified atom stereocenters. The van der Waals surface area contributed by atoms with Crippen LogP contribution in [0.15, 0.2) is 12.3 Å². The van der Waals surface area contributed by atoms with Crippen LogP contribution in [0.25, 0.3) is 0 Å². The summed E-state index contributed by atoms with van der Waals surface area (Å²) in [7, 11) is 1.85. The zero-order chi connectivity index (χ0) is 11.8. The van der Waals surface area contributed by atoms with Gasteiger partial charge in [0.25, 0.3) is 0 Å². The van der Waals surface area contributed by atoms with E-state index in [1.807, 2.05) is 19.3 Å². The van der Waals surface area contributed by atoms with Gasteiger partial charge in [0, 0.05) is 26.3 Å². The lowest BCUT2D eigenvalue weighted by Gasteiger charge is -2.03. The van der Waals surface area contributed by atoms with Crippen molar-refractivity contribution in [3.8, 4) is 6.07 Å². The number of nitriles is 1. The molecular formula is C11H17N3O2. The minimum Gasteiger partial charge on any atom is -0.394 e. The van der Waals surface area contributed by atoms with Crippen molar-refractivity contribution >= 4 is 0 Å². The molecule has 0 radical (unpaired) electrons. The van der Waals surface area contributed by atoms with Gasteiger partial charge in [-0.25, -0.2) is 0 Å². The molecule has 5 heteroatoms. The predicted molar refractivity (Wildman–Crippen MR) is 59.7 cm³/mol. The second-order valence-corrected chi connectivity index (χ2v) is 3.47. The van der Waals surface area contributed by atoms with E-state index in [1.165, 1.54) is 0 Å². The fourth-order valence-corrected chi connectivity index (χ4v) is 1.38. The predicted octanol–water partition coefficient (Wildman–Crippen LogP) is -0.00472. The number of nitrogens with one attached hydrogen (secondary N) is 1. The standard InChI is InChI=1S/C11H17N3O2/c1-14-9-10(6-11(14)7-12)8-13-2-4-16-5-3-15/h6,9,13,15H,2-5,8H2,1H3. The van der Waals surface area contributed by atoms with E-state index in [0.717, 1.165) is 18.7 Å². The van der Waals surface area contributed by atoms with Crippen molar-refractivity contribution in [2.75, 3.05) is 26.4 Å². The number of hydrogen-bond donors (Lipinski definition) is 2. The number of aryl methyl sites for hydroxylation is 1. The first-order valence-corrected chi connectivity index (χ1v) is 5.22. The Morgan fingerprint density at radius 1 is 1.56 bits per heavy atom. The van der Waals surface area contributed by atoms with Gasteiger partial charge in [-0.05, 0) is 11.6 Å². The Morgan fingerprint density at radius 3 is 3.00 bits per heavy atom. The van der Waals surface area contributed by atoms with Crippen LogP contribution < -0.4 is 5.32 Å². The van der Waals surface area contributed by atoms with Crippen molar-refractivity contribution in [1.82, 2.24) is 9.88 Å². The van der Waals surface area contributed by atoms with Crippen LogP contribution in [0.1, 0.15) is 11.3 Å². The molecule has 0 spiro atoms. The molecule has 1 heterocycles. The van der Waals surface area contributed by atoms with Crippen molar-refractivity contribution < 1.29 is 9.84 Å². The molecule has 0 aliphatic rings. The minimum atomic E-state index is 0.0597. The molecule has 0 aromatic carbocycles. The second kappa shape index (κ2) is 7.01. The van der Waals surface area contributed by atoms with Gasteiger partial charge >= 0.3 is 0 Å². The van der Waals surface area contributed by atoms with Crippen LogP contribution >= 0.6 is 0 Å². The highest BCUT2D eigenvalue weighted by atomic mass is 16.5. The average Bonchev–Trinajstić information content (AvgIpc) is 2.64. The van der Waals surface area contributed by atoms with Gasteiger partial charge in [-0.1, -0.05) is 0 Å². The molecular weight excluding hydrogens is 206 g/mol. The van der Waals surface area contributed by atoms with E-state index >= 15 is 0 Å². The average molecular weight is 223 g/mol. The molecule has 0 saturated carbocycles. The molecule has 0 aliphatic heterocycles. The maximum Gasteiger partial charge on any atom is 0.120 e. The highest BCUT2D eigenvalue weighted by molar-refractivity contribution is 5.28. The maximum absolute atomic E-state index is 8.77. The summed E-state index contributed by atoms with van der Waals surface area (Å²) in [6.07, 6.45) is 1.93. The second-order valence-electron chi connectivity index (χ2n) is 3.47. The van der Waals surface area contributed by atoms with Crippen molar-refractivity contribution in [1.29, 1.82) is 5.26 Å². The Bertz CT molecular complexity index is 355. The number of hydrogen-bond acceptors (Lipinski definition) is 4. The van der Waals surface area contributed by atoms with Crippen LogP contribution in [0.2, 0.25) is 0 Å². The van der Waals surface area contributed by atoms with E-state index < -0.39 is 0 Å². The van der Waals surface area contributed by atoms with E-state index in [1.54, 1.807) is 4.57 Å². The lowest BCUT2D eigenvalue weighted by molar-refractivity contribution is 0.0938. The summed E-state index contributed by atoms with van der Waals surface area (Å²) in [6, 6.07) is 3.98. The molecule has 2 N–H and O–H groups in total. The van der Waals surface area contributed by atoms with E-state index in [0.29, 0.717) is 18.9 Å². The summed E-state index contributed by atoms with van der Waals surface area (Å²) < 4.78 is 6.91. The first-order chi connectivity index (χ1) is 7.77. The Morgan fingerprint density at radius 2 is 2.38 bits per heavy atom. The molecule has 0 fully saturated rings. The molecule has 1 aromatic rings. The SMILES string of the molecule is Cn1cc(CNCCOCCO)cc1C#N. The Hall–Kier alpha value is -1.35. The summed E-state index contributed by atoms with van der Waals surface area (Å²) in [5.41, 5.74) is 1.74. The molecule has 0 bridgehead atoms. The van der Waals surface area contributed by atoms with E-state index in [-0.39, 0.29) is 6.61 Å². The normalized spacial score (nSPS) is 10.3. The maximum atomic E-state index is 8.77. The number of aliphatic hydroxyl groups excluding tert-OH is 1. The molecule has 88 valence electrons. The molecule has 0 amide bonds. The summed E-state index contributed by atoms with van der Waals surface area (Å²) in [5.74, 6) is 0. The number of rotatable bonds is 7. The van der Waals surface area contributed by atoms with Gasteiger partial charge in [-0.3, -0.25) is 0 Å². The van der Waals surface area contributed by atoms with Gasteiger partial charge < -0.3 is 19.7 Å². The lowest BCUT2D eigenvalue weighted by Crippen LogP contribution is -2.19. The number of ether oxygens (including phenoxy) is 1. The van der Waals surface area contributed by atoms with Crippen LogP contribution in [0, 0.1) is 11.3 Å². The van der Waals surface area contributed by atoms with Gasteiger partial charge in [-0.2, -0.15) is 5.26 Å². The smallest absolute Gasteiger partial charge is 0.120 e. The van der Waals surface area contributed by atoms with Crippen LogP contribution in [-0.4, -0.2) is 36.0 Å². The highest BCUT2D eigenvalue weighted by Gasteiger charge is 2.01. The third-order valence-corrected chi connectivity index (χ3v) is 2.16. The molecule has 1 aromatic heterocycles. The Kier molecular flexibility index (Phi) is 5.57. The third kappa shape index (κ3) is 4.03. The van der Waals surface area contributed by atoms with Gasteiger partial charge in [0.2, 0.25) is 0 Å². The van der Waals surface area contributed by atoms with Gasteiger partial charge in [0.05, 0.1) is 19.8 Å². The van der Waals surface area contributed by atoms with Crippen molar-refractivity contribution in [2.24, 2.45) is 7.05 Å². The van der Waals surface area contributed by atoms with Crippen molar-refractivity contribution in [3.05, 3.63) is 23.5 Å². The first kappa shape index (κ1) is 12.7. The highest BCUT2D eigenvalue weighted by Crippen LogP contribution is 2.05. The molecule has 16 heavy (non-hydrogen) atoms. The van der Waals surface area contributed by atoms with Crippen LogP contribution in [0.4, 0.5) is 0 Å². The molecule has 1 rings (SSSR count). The van der Waals surface area contributed by atoms with Gasteiger partial charge in [-0.15, -0.1) is 0 Å². The van der Waals surface area contributed by atoms with Gasteiger partial charge in [0.15, 0.2) is 0 Å². The monoisotopic (exact) mass is 223 g/mol. The zero-order valence-electron chi connectivity index (χ0n) is 9.44. The molecule has 0 atom stereocenters. The number of aromatic nitrogens is 1. The largest absolute Gasteiger partial charge is 0.394 e. The minimum absolute atomic E-state index is 0.0597. The Balaban J connectivity index is 2.20. The number of nitrogens with zero attached hydrogens (tertiary/aromatic N) is 2. The molecule has 0 aliphatic carbocycles. The number of aliphatic hydroxyl groups is 1. The summed E-state index contributed by atoms with van der Waals surface area (Å²) in [4.78, 5) is 0. The Labute approximate surface area is 95.3 Å². The third-order valence-electron chi connectivity index (χ3n) is 2.16. The first-order valence-electron chi connectivity index (χ1n) is 5.22. The van der Waals surface area contributed by atoms with E-state index in [9.17, 15) is 0 Å². The molecule has 0 saturated heterocycles. The zero-order valence-corrected chi connectivity index (χ0v) is 9.44. The van der Waals surface area contributed by atoms with Crippen molar-refractivity contribution in [3.63, 3.8) is 0 Å². The molecule has 5 nitrogen and oxygen atoms in total. The lowest BCUT2D eigenvalue weighted by atomic mass is 10.3. The van der Waals surface area contributed by atoms with Gasteiger partial charge in [0.1, 0.15) is 11.8 Å². The summed E-state index contributed by atoms with van der Waals surface area (Å²) in [6.45, 7) is 2.48. The van der Waals surface area contributed by atoms with Crippen LogP contribution in [0.5, 0.6) is 0 Å². The van der Waals surface area contributed by atoms with Crippen molar-refractivity contribution in [2.45, 2.75) is 6.54 Å². The van der Waals surface area contributed by atoms with E-state index in [2.05, 4.69) is 11.4 Å². The fourth-order valence-electron chi connectivity index (χ4n) is 1.38. The topological polar surface area (TPSA) is 70.2 Å². The fraction of sp³-hybridized carbons (Fsp3) is 0.545.